The van der Waals surface area contributed by atoms with Crippen molar-refractivity contribution in [2.24, 2.45) is 0 Å². The Morgan fingerprint density at radius 2 is 1.88 bits per heavy atom. The summed E-state index contributed by atoms with van der Waals surface area (Å²) < 4.78 is 1.98. The molecule has 2 heterocycles. The van der Waals surface area contributed by atoms with Crippen molar-refractivity contribution in [3.05, 3.63) is 12.0 Å². The fraction of sp³-hybridized carbons (Fsp3) is 0.583. The van der Waals surface area contributed by atoms with Crippen LogP contribution in [0.4, 0.5) is 5.82 Å². The first-order chi connectivity index (χ1) is 8.22. The van der Waals surface area contributed by atoms with Gasteiger partial charge in [-0.15, -0.1) is 0 Å². The summed E-state index contributed by atoms with van der Waals surface area (Å²) in [6, 6.07) is 0. The zero-order chi connectivity index (χ0) is 12.4. The Bertz CT molecular complexity index is 513. The minimum Gasteiger partial charge on any atom is -0.355 e. The van der Waals surface area contributed by atoms with Crippen LogP contribution in [0.15, 0.2) is 6.33 Å². The maximum atomic E-state index is 4.51. The summed E-state index contributed by atoms with van der Waals surface area (Å²) in [5.41, 5.74) is 2.98. The molecule has 0 aliphatic carbocycles. The lowest BCUT2D eigenvalue weighted by Gasteiger charge is -2.20. The van der Waals surface area contributed by atoms with E-state index in [0.29, 0.717) is 0 Å². The average molecular weight is 233 g/mol. The second-order valence-electron chi connectivity index (χ2n) is 3.97. The van der Waals surface area contributed by atoms with Crippen LogP contribution < -0.4 is 4.90 Å². The van der Waals surface area contributed by atoms with E-state index in [4.69, 9.17) is 0 Å². The highest BCUT2D eigenvalue weighted by molar-refractivity contribution is 5.87. The van der Waals surface area contributed by atoms with Crippen LogP contribution in [-0.4, -0.2) is 32.8 Å². The largest absolute Gasteiger partial charge is 0.355 e. The molecule has 2 rings (SSSR count). The second-order valence-corrected chi connectivity index (χ2v) is 3.97. The van der Waals surface area contributed by atoms with E-state index in [1.54, 1.807) is 6.33 Å². The third kappa shape index (κ3) is 1.85. The molecule has 0 saturated heterocycles. The number of aryl methyl sites for hydroxylation is 2. The molecule has 0 aromatic carbocycles. The van der Waals surface area contributed by atoms with Crippen LogP contribution in [0.2, 0.25) is 0 Å². The van der Waals surface area contributed by atoms with Crippen LogP contribution in [0.1, 0.15) is 26.5 Å². The Morgan fingerprint density at radius 1 is 1.18 bits per heavy atom. The molecule has 0 bridgehead atoms. The second kappa shape index (κ2) is 4.69. The molecule has 0 spiro atoms. The van der Waals surface area contributed by atoms with Crippen LogP contribution >= 0.6 is 0 Å². The van der Waals surface area contributed by atoms with Gasteiger partial charge < -0.3 is 4.90 Å². The molecule has 0 aliphatic rings. The summed E-state index contributed by atoms with van der Waals surface area (Å²) in [6.07, 6.45) is 1.63. The van der Waals surface area contributed by atoms with Gasteiger partial charge in [-0.25, -0.2) is 9.97 Å². The van der Waals surface area contributed by atoms with E-state index in [2.05, 4.69) is 40.7 Å². The number of aromatic nitrogens is 4. The number of anilines is 1. The molecule has 5 heteroatoms. The quantitative estimate of drug-likeness (QED) is 0.810. The number of fused-ring (bicyclic) bond motifs is 1. The Kier molecular flexibility index (Phi) is 3.26. The highest BCUT2D eigenvalue weighted by Gasteiger charge is 2.16. The smallest absolute Gasteiger partial charge is 0.158 e. The summed E-state index contributed by atoms with van der Waals surface area (Å²) in [5, 5.41) is 4.51. The zero-order valence-electron chi connectivity index (χ0n) is 10.9. The number of hydrogen-bond acceptors (Lipinski definition) is 4. The van der Waals surface area contributed by atoms with Gasteiger partial charge in [0.15, 0.2) is 5.82 Å². The fourth-order valence-corrected chi connectivity index (χ4v) is 2.13. The van der Waals surface area contributed by atoms with E-state index in [9.17, 15) is 0 Å². The van der Waals surface area contributed by atoms with Crippen LogP contribution in [0.25, 0.3) is 11.0 Å². The van der Waals surface area contributed by atoms with Gasteiger partial charge in [-0.2, -0.15) is 5.10 Å². The van der Waals surface area contributed by atoms with E-state index in [1.807, 2.05) is 11.6 Å². The molecule has 0 aliphatic heterocycles. The van der Waals surface area contributed by atoms with Crippen LogP contribution in [0.3, 0.4) is 0 Å². The van der Waals surface area contributed by atoms with Crippen molar-refractivity contribution >= 4 is 16.9 Å². The first-order valence-corrected chi connectivity index (χ1v) is 6.15. The molecule has 2 aromatic rings. The van der Waals surface area contributed by atoms with Crippen molar-refractivity contribution in [1.29, 1.82) is 0 Å². The Balaban J connectivity index is 2.70. The van der Waals surface area contributed by atoms with E-state index in [-0.39, 0.29) is 0 Å². The van der Waals surface area contributed by atoms with Crippen LogP contribution in [0, 0.1) is 6.92 Å². The van der Waals surface area contributed by atoms with Gasteiger partial charge in [-0.05, 0) is 27.7 Å². The molecule has 5 nitrogen and oxygen atoms in total. The predicted octanol–water partition coefficient (Wildman–Crippen LogP) is 2.00. The standard InChI is InChI=1S/C12H19N5/c1-5-16(6-2)12-11-10(13-8-14-12)9(4)15-17(11)7-3/h8H,5-7H2,1-4H3. The first-order valence-electron chi connectivity index (χ1n) is 6.15. The number of rotatable bonds is 4. The summed E-state index contributed by atoms with van der Waals surface area (Å²) in [4.78, 5) is 11.0. The fourth-order valence-electron chi connectivity index (χ4n) is 2.13. The minimum atomic E-state index is 0.839. The van der Waals surface area contributed by atoms with Gasteiger partial charge in [-0.1, -0.05) is 0 Å². The molecule has 0 amide bonds. The van der Waals surface area contributed by atoms with Crippen LogP contribution in [-0.2, 0) is 6.54 Å². The van der Waals surface area contributed by atoms with Crippen LogP contribution in [0.5, 0.6) is 0 Å². The molecule has 0 radical (unpaired) electrons. The molecular weight excluding hydrogens is 214 g/mol. The highest BCUT2D eigenvalue weighted by atomic mass is 15.3. The molecule has 17 heavy (non-hydrogen) atoms. The molecule has 0 fully saturated rings. The van der Waals surface area contributed by atoms with Gasteiger partial charge in [-0.3, -0.25) is 4.68 Å². The van der Waals surface area contributed by atoms with Gasteiger partial charge in [0.2, 0.25) is 0 Å². The summed E-state index contributed by atoms with van der Waals surface area (Å²) in [7, 11) is 0. The summed E-state index contributed by atoms with van der Waals surface area (Å²) in [6.45, 7) is 11.1. The minimum absolute atomic E-state index is 0.839. The number of hydrogen-bond donors (Lipinski definition) is 0. The van der Waals surface area contributed by atoms with Gasteiger partial charge >= 0.3 is 0 Å². The van der Waals surface area contributed by atoms with E-state index in [1.165, 1.54) is 0 Å². The maximum Gasteiger partial charge on any atom is 0.158 e. The zero-order valence-corrected chi connectivity index (χ0v) is 10.9. The Morgan fingerprint density at radius 3 is 2.47 bits per heavy atom. The lowest BCUT2D eigenvalue weighted by atomic mass is 10.3. The van der Waals surface area contributed by atoms with Crippen molar-refractivity contribution in [3.63, 3.8) is 0 Å². The molecule has 92 valence electrons. The van der Waals surface area contributed by atoms with E-state index >= 15 is 0 Å². The predicted molar refractivity (Wildman–Crippen MR) is 69.3 cm³/mol. The topological polar surface area (TPSA) is 46.8 Å². The average Bonchev–Trinajstić information content (AvgIpc) is 2.69. The summed E-state index contributed by atoms with van der Waals surface area (Å²) >= 11 is 0. The van der Waals surface area contributed by atoms with E-state index in [0.717, 1.165) is 42.2 Å². The van der Waals surface area contributed by atoms with Crippen molar-refractivity contribution < 1.29 is 0 Å². The lowest BCUT2D eigenvalue weighted by Crippen LogP contribution is -2.24. The molecule has 0 atom stereocenters. The van der Waals surface area contributed by atoms with Gasteiger partial charge in [0.05, 0.1) is 5.69 Å². The van der Waals surface area contributed by atoms with Gasteiger partial charge in [0, 0.05) is 19.6 Å². The molecule has 2 aromatic heterocycles. The highest BCUT2D eigenvalue weighted by Crippen LogP contribution is 2.24. The summed E-state index contributed by atoms with van der Waals surface area (Å²) in [5.74, 6) is 0.988. The Labute approximate surface area is 101 Å². The maximum absolute atomic E-state index is 4.51. The monoisotopic (exact) mass is 233 g/mol. The number of nitrogens with zero attached hydrogens (tertiary/aromatic N) is 5. The van der Waals surface area contributed by atoms with Crippen molar-refractivity contribution in [2.75, 3.05) is 18.0 Å². The third-order valence-corrected chi connectivity index (χ3v) is 3.04. The lowest BCUT2D eigenvalue weighted by molar-refractivity contribution is 0.673. The molecule has 0 unspecified atom stereocenters. The Hall–Kier alpha value is -1.65. The van der Waals surface area contributed by atoms with Gasteiger partial charge in [0.25, 0.3) is 0 Å². The van der Waals surface area contributed by atoms with Crippen molar-refractivity contribution in [1.82, 2.24) is 19.7 Å². The first kappa shape index (κ1) is 11.8. The van der Waals surface area contributed by atoms with Gasteiger partial charge in [0.1, 0.15) is 17.4 Å². The molecule has 0 saturated carbocycles. The van der Waals surface area contributed by atoms with Crippen molar-refractivity contribution in [2.45, 2.75) is 34.2 Å². The molecule has 0 N–H and O–H groups in total. The van der Waals surface area contributed by atoms with E-state index < -0.39 is 0 Å². The SMILES string of the molecule is CCN(CC)c1ncnc2c(C)nn(CC)c12. The normalized spacial score (nSPS) is 11.1. The third-order valence-electron chi connectivity index (χ3n) is 3.04. The molecular formula is C12H19N5. The van der Waals surface area contributed by atoms with Crippen molar-refractivity contribution in [3.8, 4) is 0 Å².